The molecular formula is C24H63NO. The Kier molecular flexibility index (Phi) is 108. The summed E-state index contributed by atoms with van der Waals surface area (Å²) in [5, 5.41) is 0. The average molecular weight is 382 g/mol. The Balaban J connectivity index is -0.0000000320. The minimum absolute atomic E-state index is 0. The van der Waals surface area contributed by atoms with Crippen LogP contribution in [0.4, 0.5) is 0 Å². The quantitative estimate of drug-likeness (QED) is 0.254. The van der Waals surface area contributed by atoms with Gasteiger partial charge in [-0.05, 0) is 25.7 Å². The molecule has 1 aliphatic rings. The zero-order valence-corrected chi connectivity index (χ0v) is 10.3. The molecule has 26 heavy (non-hydrogen) atoms. The Morgan fingerprint density at radius 1 is 0.769 bits per heavy atom. The van der Waals surface area contributed by atoms with Crippen LogP contribution in [0.5, 0.6) is 0 Å². The lowest BCUT2D eigenvalue weighted by molar-refractivity contribution is -0.124. The number of hydrogen-bond donors (Lipinski definition) is 0. The zero-order valence-electron chi connectivity index (χ0n) is 10.3. The van der Waals surface area contributed by atoms with Crippen molar-refractivity contribution in [2.45, 2.75) is 120 Å². The van der Waals surface area contributed by atoms with Gasteiger partial charge in [0.25, 0.3) is 0 Å². The van der Waals surface area contributed by atoms with Crippen LogP contribution in [0.25, 0.3) is 0 Å². The summed E-state index contributed by atoms with van der Waals surface area (Å²) < 4.78 is 0. The first-order valence-corrected chi connectivity index (χ1v) is 6.46. The highest BCUT2D eigenvalue weighted by Crippen LogP contribution is 2.07. The maximum Gasteiger partial charge on any atom is 0.246 e. The monoisotopic (exact) mass is 381 g/mol. The van der Waals surface area contributed by atoms with E-state index in [0.29, 0.717) is 0 Å². The first kappa shape index (κ1) is 64.0. The molecule has 1 saturated heterocycles. The van der Waals surface area contributed by atoms with E-state index in [1.807, 2.05) is 17.1 Å². The Bertz CT molecular complexity index is 251. The predicted octanol–water partition coefficient (Wildman–Crippen LogP) is 9.66. The molecule has 170 valence electrons. The summed E-state index contributed by atoms with van der Waals surface area (Å²) in [6, 6.07) is 0. The largest absolute Gasteiger partial charge is 0.339 e. The van der Waals surface area contributed by atoms with Crippen LogP contribution in [0.3, 0.4) is 0 Å². The molecule has 0 unspecified atom stereocenters. The molecule has 0 bridgehead atoms. The number of rotatable bonds is 6. The molecular weight excluding hydrogens is 318 g/mol. The Labute approximate surface area is 173 Å². The molecule has 0 aromatic heterocycles. The third-order valence-corrected chi connectivity index (χ3v) is 2.88. The van der Waals surface area contributed by atoms with E-state index in [2.05, 4.69) is 13.0 Å². The Morgan fingerprint density at radius 3 is 1.65 bits per heavy atom. The summed E-state index contributed by atoms with van der Waals surface area (Å²) in [4.78, 5) is 13.5. The minimum Gasteiger partial charge on any atom is -0.339 e. The molecule has 2 heteroatoms. The molecule has 0 aliphatic carbocycles. The summed E-state index contributed by atoms with van der Waals surface area (Å²) in [5.74, 6) is 0.163. The second-order valence-corrected chi connectivity index (χ2v) is 4.32. The topological polar surface area (TPSA) is 20.3 Å². The van der Waals surface area contributed by atoms with Crippen molar-refractivity contribution in [3.05, 3.63) is 24.3 Å². The second kappa shape index (κ2) is 43.9. The van der Waals surface area contributed by atoms with Gasteiger partial charge < -0.3 is 4.90 Å². The molecule has 1 fully saturated rings. The number of unbranched alkanes of at least 4 members (excludes halogenated alkanes) is 3. The van der Waals surface area contributed by atoms with Crippen molar-refractivity contribution in [1.29, 1.82) is 0 Å². The molecule has 0 saturated carbocycles. The molecule has 1 aliphatic heterocycles. The van der Waals surface area contributed by atoms with Crippen LogP contribution in [0.1, 0.15) is 120 Å². The van der Waals surface area contributed by atoms with Crippen molar-refractivity contribution in [1.82, 2.24) is 4.90 Å². The van der Waals surface area contributed by atoms with Gasteiger partial charge in [0.1, 0.15) is 0 Å². The van der Waals surface area contributed by atoms with Gasteiger partial charge >= 0.3 is 0 Å². The van der Waals surface area contributed by atoms with Crippen LogP contribution >= 0.6 is 0 Å². The van der Waals surface area contributed by atoms with Gasteiger partial charge in [0.15, 0.2) is 0 Å². The molecule has 1 heterocycles. The Morgan fingerprint density at radius 2 is 1.23 bits per heavy atom. The van der Waals surface area contributed by atoms with E-state index in [-0.39, 0.29) is 80.2 Å². The number of allylic oxidation sites excluding steroid dienone is 3. The van der Waals surface area contributed by atoms with Crippen molar-refractivity contribution in [3.8, 4) is 0 Å². The van der Waals surface area contributed by atoms with E-state index >= 15 is 0 Å². The number of amides is 1. The first-order chi connectivity index (χ1) is 7.84. The third kappa shape index (κ3) is 30.8. The highest BCUT2D eigenvalue weighted by molar-refractivity contribution is 5.88. The second-order valence-electron chi connectivity index (χ2n) is 4.32. The SMILES string of the molecule is C.C.C.C.C.C.C.C.C.C.CCCCC/C=C/C=C/C(=O)N1CCCC1. The fourth-order valence-corrected chi connectivity index (χ4v) is 1.87. The normalized spacial score (nSPS) is 10.3. The van der Waals surface area contributed by atoms with Gasteiger partial charge in [-0.1, -0.05) is 112 Å². The van der Waals surface area contributed by atoms with Gasteiger partial charge in [-0.3, -0.25) is 4.79 Å². The van der Waals surface area contributed by atoms with Gasteiger partial charge in [0.2, 0.25) is 5.91 Å². The number of nitrogens with zero attached hydrogens (tertiary/aromatic N) is 1. The fourth-order valence-electron chi connectivity index (χ4n) is 1.87. The lowest BCUT2D eigenvalue weighted by Gasteiger charge is -2.11. The first-order valence-electron chi connectivity index (χ1n) is 6.46. The van der Waals surface area contributed by atoms with Crippen LogP contribution in [-0.2, 0) is 4.79 Å². The van der Waals surface area contributed by atoms with Crippen LogP contribution in [0.2, 0.25) is 0 Å². The van der Waals surface area contributed by atoms with Crippen LogP contribution in [0, 0.1) is 0 Å². The minimum atomic E-state index is 0. The van der Waals surface area contributed by atoms with Gasteiger partial charge in [-0.25, -0.2) is 0 Å². The van der Waals surface area contributed by atoms with Gasteiger partial charge in [0, 0.05) is 19.2 Å². The van der Waals surface area contributed by atoms with Crippen molar-refractivity contribution in [2.24, 2.45) is 0 Å². The van der Waals surface area contributed by atoms with Crippen molar-refractivity contribution in [3.63, 3.8) is 0 Å². The van der Waals surface area contributed by atoms with E-state index in [0.717, 1.165) is 32.4 Å². The summed E-state index contributed by atoms with van der Waals surface area (Å²) >= 11 is 0. The van der Waals surface area contributed by atoms with E-state index in [9.17, 15) is 4.79 Å². The maximum atomic E-state index is 11.6. The van der Waals surface area contributed by atoms with E-state index in [1.54, 1.807) is 6.08 Å². The van der Waals surface area contributed by atoms with Crippen LogP contribution < -0.4 is 0 Å². The average Bonchev–Trinajstić information content (AvgIpc) is 2.81. The standard InChI is InChI=1S/C14H23NO.10CH4/c1-2-3-4-5-6-7-8-11-14(16)15-12-9-10-13-15;;;;;;;;;;/h6-8,11H,2-5,9-10,12-13H2,1H3;10*1H4/b7-6+,11-8+;;;;;;;;;;. The predicted molar refractivity (Wildman–Crippen MR) is 136 cm³/mol. The zero-order chi connectivity index (χ0) is 11.6. The van der Waals surface area contributed by atoms with E-state index in [4.69, 9.17) is 0 Å². The fraction of sp³-hybridized carbons (Fsp3) is 0.792. The smallest absolute Gasteiger partial charge is 0.246 e. The maximum absolute atomic E-state index is 11.6. The number of hydrogen-bond acceptors (Lipinski definition) is 1. The van der Waals surface area contributed by atoms with E-state index < -0.39 is 0 Å². The third-order valence-electron chi connectivity index (χ3n) is 2.88. The van der Waals surface area contributed by atoms with Crippen molar-refractivity contribution >= 4 is 5.91 Å². The molecule has 1 amide bonds. The van der Waals surface area contributed by atoms with Crippen molar-refractivity contribution < 1.29 is 4.79 Å². The number of carbonyl (C=O) groups excluding carboxylic acids is 1. The van der Waals surface area contributed by atoms with Gasteiger partial charge in [0.05, 0.1) is 0 Å². The number of carbonyl (C=O) groups is 1. The van der Waals surface area contributed by atoms with Crippen LogP contribution in [0.15, 0.2) is 24.3 Å². The molecule has 1 rings (SSSR count). The molecule has 0 N–H and O–H groups in total. The van der Waals surface area contributed by atoms with Gasteiger partial charge in [-0.15, -0.1) is 0 Å². The molecule has 0 radical (unpaired) electrons. The summed E-state index contributed by atoms with van der Waals surface area (Å²) in [6.45, 7) is 4.07. The van der Waals surface area contributed by atoms with E-state index in [1.165, 1.54) is 19.3 Å². The molecule has 0 aromatic carbocycles. The molecule has 2 nitrogen and oxygen atoms in total. The summed E-state index contributed by atoms with van der Waals surface area (Å²) in [6.07, 6.45) is 14.9. The van der Waals surface area contributed by atoms with Gasteiger partial charge in [-0.2, -0.15) is 0 Å². The summed E-state index contributed by atoms with van der Waals surface area (Å²) in [7, 11) is 0. The molecule has 0 aromatic rings. The highest BCUT2D eigenvalue weighted by Gasteiger charge is 2.14. The Hall–Kier alpha value is -1.05. The van der Waals surface area contributed by atoms with Crippen molar-refractivity contribution in [2.75, 3.05) is 13.1 Å². The summed E-state index contributed by atoms with van der Waals surface area (Å²) in [5.41, 5.74) is 0. The lowest BCUT2D eigenvalue weighted by Crippen LogP contribution is -2.25. The number of likely N-dealkylation sites (tertiary alicyclic amines) is 1. The lowest BCUT2D eigenvalue weighted by atomic mass is 10.2. The molecule has 0 spiro atoms. The van der Waals surface area contributed by atoms with Crippen LogP contribution in [-0.4, -0.2) is 23.9 Å². The highest BCUT2D eigenvalue weighted by atomic mass is 16.2. The molecule has 0 atom stereocenters.